The lowest BCUT2D eigenvalue weighted by Crippen LogP contribution is -2.49. The third-order valence-electron chi connectivity index (χ3n) is 5.10. The summed E-state index contributed by atoms with van der Waals surface area (Å²) >= 11 is 0. The molecule has 1 N–H and O–H groups in total. The highest BCUT2D eigenvalue weighted by Crippen LogP contribution is 2.30. The van der Waals surface area contributed by atoms with Crippen molar-refractivity contribution in [1.29, 1.82) is 0 Å². The van der Waals surface area contributed by atoms with Crippen LogP contribution in [-0.4, -0.2) is 55.0 Å². The van der Waals surface area contributed by atoms with E-state index in [0.29, 0.717) is 25.3 Å². The third kappa shape index (κ3) is 2.50. The van der Waals surface area contributed by atoms with Gasteiger partial charge in [-0.1, -0.05) is 17.3 Å². The summed E-state index contributed by atoms with van der Waals surface area (Å²) < 4.78 is 7.83. The average Bonchev–Trinajstić information content (AvgIpc) is 3.39. The fourth-order valence-electron chi connectivity index (χ4n) is 3.77. The highest BCUT2D eigenvalue weighted by atomic mass is 16.5. The van der Waals surface area contributed by atoms with E-state index in [4.69, 9.17) is 4.74 Å². The minimum Gasteiger partial charge on any atom is -0.370 e. The van der Waals surface area contributed by atoms with E-state index in [9.17, 15) is 4.79 Å². The van der Waals surface area contributed by atoms with Crippen LogP contribution in [0, 0.1) is 0 Å². The Labute approximate surface area is 149 Å². The van der Waals surface area contributed by atoms with Gasteiger partial charge in [0.2, 0.25) is 0 Å². The van der Waals surface area contributed by atoms with Gasteiger partial charge in [0.15, 0.2) is 0 Å². The van der Waals surface area contributed by atoms with E-state index in [-0.39, 0.29) is 18.1 Å². The summed E-state index contributed by atoms with van der Waals surface area (Å²) in [5.74, 6) is 0.774. The SMILES string of the molecule is O=C(c1cccc(-c2ncc[nH]2)c1)N1CCC2OCc3cnnn3C2C1. The Hall–Kier alpha value is -3.00. The van der Waals surface area contributed by atoms with Crippen molar-refractivity contribution in [3.63, 3.8) is 0 Å². The number of imidazole rings is 1. The van der Waals surface area contributed by atoms with E-state index >= 15 is 0 Å². The molecular weight excluding hydrogens is 332 g/mol. The standard InChI is InChI=1S/C18H18N6O2/c25-18(13-3-1-2-12(8-13)17-19-5-6-20-17)23-7-4-16-15(10-23)24-14(11-26-16)9-21-22-24/h1-3,5-6,8-9,15-16H,4,7,10-11H2,(H,19,20). The van der Waals surface area contributed by atoms with Gasteiger partial charge in [0.1, 0.15) is 5.82 Å². The molecule has 8 heteroatoms. The molecule has 2 unspecified atom stereocenters. The molecule has 0 spiro atoms. The Balaban J connectivity index is 1.40. The predicted molar refractivity (Wildman–Crippen MR) is 92.2 cm³/mol. The lowest BCUT2D eigenvalue weighted by Gasteiger charge is -2.41. The first-order valence-electron chi connectivity index (χ1n) is 8.69. The maximum Gasteiger partial charge on any atom is 0.253 e. The number of amides is 1. The van der Waals surface area contributed by atoms with Gasteiger partial charge in [0.05, 0.1) is 30.6 Å². The molecule has 1 saturated heterocycles. The highest BCUT2D eigenvalue weighted by Gasteiger charge is 2.38. The van der Waals surface area contributed by atoms with Gasteiger partial charge in [-0.2, -0.15) is 0 Å². The maximum absolute atomic E-state index is 13.1. The number of hydrogen-bond acceptors (Lipinski definition) is 5. The normalized spacial score (nSPS) is 21.9. The molecule has 0 bridgehead atoms. The van der Waals surface area contributed by atoms with Gasteiger partial charge in [0, 0.05) is 36.6 Å². The third-order valence-corrected chi connectivity index (χ3v) is 5.10. The summed E-state index contributed by atoms with van der Waals surface area (Å²) in [5, 5.41) is 8.17. The Kier molecular flexibility index (Phi) is 3.56. The van der Waals surface area contributed by atoms with Crippen molar-refractivity contribution in [3.8, 4) is 11.4 Å². The lowest BCUT2D eigenvalue weighted by molar-refractivity contribution is -0.0605. The number of carbonyl (C=O) groups excluding carboxylic acids is 1. The first-order valence-corrected chi connectivity index (χ1v) is 8.69. The molecule has 1 fully saturated rings. The molecule has 5 rings (SSSR count). The zero-order chi connectivity index (χ0) is 17.5. The van der Waals surface area contributed by atoms with E-state index in [1.54, 1.807) is 18.6 Å². The number of aromatic nitrogens is 5. The molecule has 0 aliphatic carbocycles. The molecule has 2 aromatic heterocycles. The second-order valence-electron chi connectivity index (χ2n) is 6.65. The van der Waals surface area contributed by atoms with Gasteiger partial charge in [0.25, 0.3) is 5.91 Å². The molecule has 0 saturated carbocycles. The number of nitrogens with zero attached hydrogens (tertiary/aromatic N) is 5. The van der Waals surface area contributed by atoms with Gasteiger partial charge in [-0.05, 0) is 18.6 Å². The van der Waals surface area contributed by atoms with Crippen molar-refractivity contribution in [2.45, 2.75) is 25.2 Å². The summed E-state index contributed by atoms with van der Waals surface area (Å²) in [7, 11) is 0. The number of rotatable bonds is 2. The molecule has 132 valence electrons. The number of fused-ring (bicyclic) bond motifs is 3. The van der Waals surface area contributed by atoms with E-state index in [2.05, 4.69) is 20.3 Å². The second-order valence-corrected chi connectivity index (χ2v) is 6.65. The van der Waals surface area contributed by atoms with E-state index in [0.717, 1.165) is 23.5 Å². The molecule has 26 heavy (non-hydrogen) atoms. The monoisotopic (exact) mass is 350 g/mol. The highest BCUT2D eigenvalue weighted by molar-refractivity contribution is 5.95. The first kappa shape index (κ1) is 15.3. The van der Waals surface area contributed by atoms with Crippen LogP contribution in [0.3, 0.4) is 0 Å². The first-order chi connectivity index (χ1) is 12.8. The molecule has 2 atom stereocenters. The topological polar surface area (TPSA) is 88.9 Å². The summed E-state index contributed by atoms with van der Waals surface area (Å²) in [6.07, 6.45) is 6.08. The van der Waals surface area contributed by atoms with Crippen molar-refractivity contribution in [1.82, 2.24) is 29.9 Å². The fourth-order valence-corrected chi connectivity index (χ4v) is 3.77. The van der Waals surface area contributed by atoms with Crippen molar-refractivity contribution in [2.24, 2.45) is 0 Å². The Morgan fingerprint density at radius 1 is 1.35 bits per heavy atom. The number of H-pyrrole nitrogens is 1. The van der Waals surface area contributed by atoms with Crippen LogP contribution in [-0.2, 0) is 11.3 Å². The van der Waals surface area contributed by atoms with Gasteiger partial charge in [-0.3, -0.25) is 4.79 Å². The molecule has 4 heterocycles. The molecule has 2 aliphatic rings. The van der Waals surface area contributed by atoms with Crippen molar-refractivity contribution >= 4 is 5.91 Å². The zero-order valence-corrected chi connectivity index (χ0v) is 14.1. The Morgan fingerprint density at radius 3 is 3.19 bits per heavy atom. The van der Waals surface area contributed by atoms with E-state index in [1.807, 2.05) is 33.8 Å². The van der Waals surface area contributed by atoms with Gasteiger partial charge >= 0.3 is 0 Å². The average molecular weight is 350 g/mol. The van der Waals surface area contributed by atoms with E-state index < -0.39 is 0 Å². The van der Waals surface area contributed by atoms with Crippen LogP contribution in [0.1, 0.15) is 28.5 Å². The van der Waals surface area contributed by atoms with Crippen LogP contribution in [0.5, 0.6) is 0 Å². The molecule has 1 amide bonds. The molecular formula is C18H18N6O2. The number of likely N-dealkylation sites (tertiary alicyclic amines) is 1. The number of hydrogen-bond donors (Lipinski definition) is 1. The fraction of sp³-hybridized carbons (Fsp3) is 0.333. The maximum atomic E-state index is 13.1. The van der Waals surface area contributed by atoms with Crippen LogP contribution >= 0.6 is 0 Å². The van der Waals surface area contributed by atoms with E-state index in [1.165, 1.54) is 0 Å². The number of nitrogens with one attached hydrogen (secondary N) is 1. The summed E-state index contributed by atoms with van der Waals surface area (Å²) in [6, 6.07) is 7.58. The predicted octanol–water partition coefficient (Wildman–Crippen LogP) is 1.65. The van der Waals surface area contributed by atoms with Gasteiger partial charge < -0.3 is 14.6 Å². The van der Waals surface area contributed by atoms with Crippen LogP contribution in [0.2, 0.25) is 0 Å². The Morgan fingerprint density at radius 2 is 2.31 bits per heavy atom. The lowest BCUT2D eigenvalue weighted by atomic mass is 9.99. The minimum absolute atomic E-state index is 0.0177. The number of aromatic amines is 1. The van der Waals surface area contributed by atoms with Crippen LogP contribution < -0.4 is 0 Å². The largest absolute Gasteiger partial charge is 0.370 e. The number of carbonyl (C=O) groups is 1. The molecule has 3 aromatic rings. The smallest absolute Gasteiger partial charge is 0.253 e. The molecule has 8 nitrogen and oxygen atoms in total. The summed E-state index contributed by atoms with van der Waals surface area (Å²) in [5.41, 5.74) is 2.52. The van der Waals surface area contributed by atoms with Crippen LogP contribution in [0.4, 0.5) is 0 Å². The van der Waals surface area contributed by atoms with Crippen LogP contribution in [0.25, 0.3) is 11.4 Å². The number of ether oxygens (including phenoxy) is 1. The second kappa shape index (κ2) is 6.06. The van der Waals surface area contributed by atoms with Crippen molar-refractivity contribution < 1.29 is 9.53 Å². The molecule has 1 aromatic carbocycles. The summed E-state index contributed by atoms with van der Waals surface area (Å²) in [6.45, 7) is 1.78. The number of piperidine rings is 1. The number of benzene rings is 1. The minimum atomic E-state index is 0.0177. The quantitative estimate of drug-likeness (QED) is 0.759. The van der Waals surface area contributed by atoms with Crippen molar-refractivity contribution in [2.75, 3.05) is 13.1 Å². The Bertz CT molecular complexity index is 935. The molecule has 2 aliphatic heterocycles. The zero-order valence-electron chi connectivity index (χ0n) is 14.1. The summed E-state index contributed by atoms with van der Waals surface area (Å²) in [4.78, 5) is 22.3. The molecule has 0 radical (unpaired) electrons. The van der Waals surface area contributed by atoms with Gasteiger partial charge in [-0.15, -0.1) is 5.10 Å². The van der Waals surface area contributed by atoms with Crippen molar-refractivity contribution in [3.05, 3.63) is 54.1 Å². The van der Waals surface area contributed by atoms with Gasteiger partial charge in [-0.25, -0.2) is 9.67 Å². The van der Waals surface area contributed by atoms with Crippen LogP contribution in [0.15, 0.2) is 42.9 Å².